The number of morpholine rings is 1. The molecular formula is C18H24N4O3. The minimum atomic E-state index is -0.172. The molecule has 0 bridgehead atoms. The molecule has 7 nitrogen and oxygen atoms in total. The van der Waals surface area contributed by atoms with Crippen molar-refractivity contribution in [3.8, 4) is 5.88 Å². The van der Waals surface area contributed by atoms with Crippen LogP contribution in [0.3, 0.4) is 0 Å². The molecule has 0 saturated carbocycles. The van der Waals surface area contributed by atoms with Gasteiger partial charge < -0.3 is 14.4 Å². The minimum absolute atomic E-state index is 0.00120. The number of aromatic nitrogens is 3. The van der Waals surface area contributed by atoms with Gasteiger partial charge in [-0.25, -0.2) is 4.68 Å². The first-order valence-corrected chi connectivity index (χ1v) is 8.45. The van der Waals surface area contributed by atoms with Crippen LogP contribution in [-0.2, 0) is 11.3 Å². The standard InChI is InChI=1S/C18H24N4O3/c1-12-5-7-15(8-6-12)11-22-18(24-4)16(19-20-22)17(23)21-9-13(2)25-14(3)10-21/h5-8,13-14H,9-11H2,1-4H3/t13-,14-/m0/s1. The fourth-order valence-corrected chi connectivity index (χ4v) is 3.10. The summed E-state index contributed by atoms with van der Waals surface area (Å²) in [7, 11) is 1.53. The fourth-order valence-electron chi connectivity index (χ4n) is 3.10. The zero-order chi connectivity index (χ0) is 18.0. The summed E-state index contributed by atoms with van der Waals surface area (Å²) in [6.07, 6.45) is 0.00240. The maximum atomic E-state index is 12.9. The van der Waals surface area contributed by atoms with Gasteiger partial charge in [0.25, 0.3) is 5.91 Å². The van der Waals surface area contributed by atoms with Crippen molar-refractivity contribution in [1.29, 1.82) is 0 Å². The summed E-state index contributed by atoms with van der Waals surface area (Å²) >= 11 is 0. The number of ether oxygens (including phenoxy) is 2. The van der Waals surface area contributed by atoms with Crippen molar-refractivity contribution in [2.75, 3.05) is 20.2 Å². The van der Waals surface area contributed by atoms with E-state index in [0.29, 0.717) is 25.5 Å². The second-order valence-corrected chi connectivity index (χ2v) is 6.56. The van der Waals surface area contributed by atoms with Crippen LogP contribution in [0.1, 0.15) is 35.5 Å². The Morgan fingerprint density at radius 2 is 1.88 bits per heavy atom. The van der Waals surface area contributed by atoms with Crippen molar-refractivity contribution in [1.82, 2.24) is 19.9 Å². The predicted molar refractivity (Wildman–Crippen MR) is 92.8 cm³/mol. The van der Waals surface area contributed by atoms with Crippen LogP contribution in [-0.4, -0.2) is 58.2 Å². The number of methoxy groups -OCH3 is 1. The van der Waals surface area contributed by atoms with Gasteiger partial charge in [0, 0.05) is 13.1 Å². The third-order valence-electron chi connectivity index (χ3n) is 4.25. The smallest absolute Gasteiger partial charge is 0.280 e. The van der Waals surface area contributed by atoms with Crippen molar-refractivity contribution in [2.45, 2.75) is 39.5 Å². The van der Waals surface area contributed by atoms with Gasteiger partial charge in [0.05, 0.1) is 25.9 Å². The summed E-state index contributed by atoms with van der Waals surface area (Å²) in [5, 5.41) is 8.20. The molecule has 1 fully saturated rings. The van der Waals surface area contributed by atoms with E-state index in [1.54, 1.807) is 9.58 Å². The Morgan fingerprint density at radius 1 is 1.24 bits per heavy atom. The quantitative estimate of drug-likeness (QED) is 0.847. The summed E-state index contributed by atoms with van der Waals surface area (Å²) in [6.45, 7) is 7.54. The van der Waals surface area contributed by atoms with Gasteiger partial charge >= 0.3 is 0 Å². The predicted octanol–water partition coefficient (Wildman–Crippen LogP) is 1.89. The summed E-state index contributed by atoms with van der Waals surface area (Å²) in [5.74, 6) is 0.214. The zero-order valence-electron chi connectivity index (χ0n) is 15.1. The number of nitrogens with zero attached hydrogens (tertiary/aromatic N) is 4. The lowest BCUT2D eigenvalue weighted by Crippen LogP contribution is -2.48. The van der Waals surface area contributed by atoms with E-state index in [9.17, 15) is 4.79 Å². The van der Waals surface area contributed by atoms with Crippen molar-refractivity contribution >= 4 is 5.91 Å². The lowest BCUT2D eigenvalue weighted by atomic mass is 10.1. The molecule has 1 aromatic carbocycles. The van der Waals surface area contributed by atoms with Gasteiger partial charge in [0.2, 0.25) is 11.6 Å². The number of carbonyl (C=O) groups excluding carboxylic acids is 1. The van der Waals surface area contributed by atoms with E-state index >= 15 is 0 Å². The van der Waals surface area contributed by atoms with Crippen LogP contribution in [0.25, 0.3) is 0 Å². The Kier molecular flexibility index (Phi) is 5.03. The number of hydrogen-bond acceptors (Lipinski definition) is 5. The SMILES string of the molecule is COc1c(C(=O)N2C[C@H](C)O[C@@H](C)C2)nnn1Cc1ccc(C)cc1. The van der Waals surface area contributed by atoms with Crippen LogP contribution in [0.4, 0.5) is 0 Å². The monoisotopic (exact) mass is 344 g/mol. The van der Waals surface area contributed by atoms with Gasteiger partial charge in [0.1, 0.15) is 0 Å². The summed E-state index contributed by atoms with van der Waals surface area (Å²) in [6, 6.07) is 8.15. The van der Waals surface area contributed by atoms with Crippen LogP contribution in [0, 0.1) is 6.92 Å². The second kappa shape index (κ2) is 7.23. The molecule has 1 aromatic heterocycles. The molecule has 1 amide bonds. The van der Waals surface area contributed by atoms with Gasteiger partial charge in [-0.15, -0.1) is 5.10 Å². The van der Waals surface area contributed by atoms with Gasteiger partial charge in [-0.3, -0.25) is 4.79 Å². The van der Waals surface area contributed by atoms with Crippen LogP contribution in [0.2, 0.25) is 0 Å². The molecule has 0 aliphatic carbocycles. The molecule has 0 spiro atoms. The average molecular weight is 344 g/mol. The molecule has 3 rings (SSSR count). The fraction of sp³-hybridized carbons (Fsp3) is 0.500. The highest BCUT2D eigenvalue weighted by Crippen LogP contribution is 2.21. The Morgan fingerprint density at radius 3 is 2.48 bits per heavy atom. The number of aryl methyl sites for hydroxylation is 1. The van der Waals surface area contributed by atoms with Gasteiger partial charge in [-0.05, 0) is 26.3 Å². The normalized spacial score (nSPS) is 20.6. The van der Waals surface area contributed by atoms with E-state index in [4.69, 9.17) is 9.47 Å². The summed E-state index contributed by atoms with van der Waals surface area (Å²) in [5.41, 5.74) is 2.51. The first kappa shape index (κ1) is 17.4. The highest BCUT2D eigenvalue weighted by molar-refractivity contribution is 5.94. The Hall–Kier alpha value is -2.41. The third-order valence-corrected chi connectivity index (χ3v) is 4.25. The molecule has 0 radical (unpaired) electrons. The molecular weight excluding hydrogens is 320 g/mol. The average Bonchev–Trinajstić information content (AvgIpc) is 2.98. The van der Waals surface area contributed by atoms with Crippen LogP contribution in [0.15, 0.2) is 24.3 Å². The molecule has 1 aliphatic rings. The Labute approximate surface area is 147 Å². The molecule has 0 N–H and O–H groups in total. The van der Waals surface area contributed by atoms with Crippen molar-refractivity contribution in [2.24, 2.45) is 0 Å². The Balaban J connectivity index is 1.81. The minimum Gasteiger partial charge on any atom is -0.479 e. The van der Waals surface area contributed by atoms with Crippen molar-refractivity contribution in [3.05, 3.63) is 41.1 Å². The third kappa shape index (κ3) is 3.82. The highest BCUT2D eigenvalue weighted by Gasteiger charge is 2.31. The van der Waals surface area contributed by atoms with E-state index in [2.05, 4.69) is 10.3 Å². The van der Waals surface area contributed by atoms with E-state index in [0.717, 1.165) is 5.56 Å². The highest BCUT2D eigenvalue weighted by atomic mass is 16.5. The van der Waals surface area contributed by atoms with Crippen LogP contribution in [0.5, 0.6) is 5.88 Å². The van der Waals surface area contributed by atoms with Crippen molar-refractivity contribution < 1.29 is 14.3 Å². The van der Waals surface area contributed by atoms with Gasteiger partial charge in [-0.1, -0.05) is 35.0 Å². The van der Waals surface area contributed by atoms with Crippen LogP contribution >= 0.6 is 0 Å². The summed E-state index contributed by atoms with van der Waals surface area (Å²) < 4.78 is 12.7. The van der Waals surface area contributed by atoms with Crippen molar-refractivity contribution in [3.63, 3.8) is 0 Å². The zero-order valence-corrected chi connectivity index (χ0v) is 15.1. The van der Waals surface area contributed by atoms with E-state index in [-0.39, 0.29) is 23.8 Å². The molecule has 2 aromatic rings. The Bertz CT molecular complexity index is 731. The second-order valence-electron chi connectivity index (χ2n) is 6.56. The largest absolute Gasteiger partial charge is 0.479 e. The van der Waals surface area contributed by atoms with Crippen LogP contribution < -0.4 is 4.74 Å². The maximum absolute atomic E-state index is 12.9. The molecule has 1 aliphatic heterocycles. The topological polar surface area (TPSA) is 69.5 Å². The number of carbonyl (C=O) groups is 1. The van der Waals surface area contributed by atoms with Gasteiger partial charge in [0.15, 0.2) is 0 Å². The molecule has 25 heavy (non-hydrogen) atoms. The lowest BCUT2D eigenvalue weighted by molar-refractivity contribution is -0.0588. The molecule has 0 unspecified atom stereocenters. The summed E-state index contributed by atoms with van der Waals surface area (Å²) in [4.78, 5) is 14.6. The van der Waals surface area contributed by atoms with E-state index in [1.807, 2.05) is 45.0 Å². The first-order valence-electron chi connectivity index (χ1n) is 8.45. The van der Waals surface area contributed by atoms with Gasteiger partial charge in [-0.2, -0.15) is 0 Å². The number of benzene rings is 1. The lowest BCUT2D eigenvalue weighted by Gasteiger charge is -2.34. The maximum Gasteiger partial charge on any atom is 0.280 e. The molecule has 1 saturated heterocycles. The number of rotatable bonds is 4. The van der Waals surface area contributed by atoms with E-state index < -0.39 is 0 Å². The number of amides is 1. The molecule has 134 valence electrons. The molecule has 7 heteroatoms. The molecule has 2 atom stereocenters. The number of hydrogen-bond donors (Lipinski definition) is 0. The first-order chi connectivity index (χ1) is 12.0. The van der Waals surface area contributed by atoms with E-state index in [1.165, 1.54) is 12.7 Å². The molecule has 2 heterocycles.